The molecular formula is C20H37N7O. The summed E-state index contributed by atoms with van der Waals surface area (Å²) < 4.78 is 5.59. The van der Waals surface area contributed by atoms with E-state index >= 15 is 0 Å². The van der Waals surface area contributed by atoms with Crippen molar-refractivity contribution in [3.63, 3.8) is 0 Å². The van der Waals surface area contributed by atoms with Crippen LogP contribution in [0.5, 0.6) is 0 Å². The van der Waals surface area contributed by atoms with Gasteiger partial charge in [0.15, 0.2) is 5.96 Å². The summed E-state index contributed by atoms with van der Waals surface area (Å²) in [6.07, 6.45) is 4.82. The third-order valence-corrected chi connectivity index (χ3v) is 5.08. The van der Waals surface area contributed by atoms with Gasteiger partial charge < -0.3 is 20.3 Å². The monoisotopic (exact) mass is 391 g/mol. The van der Waals surface area contributed by atoms with E-state index in [0.717, 1.165) is 64.1 Å². The van der Waals surface area contributed by atoms with Gasteiger partial charge in [-0.2, -0.15) is 0 Å². The molecule has 2 N–H and O–H groups in total. The highest BCUT2D eigenvalue weighted by atomic mass is 16.5. The molecule has 0 aliphatic carbocycles. The van der Waals surface area contributed by atoms with Crippen molar-refractivity contribution >= 4 is 11.9 Å². The summed E-state index contributed by atoms with van der Waals surface area (Å²) in [5.74, 6) is 1.67. The quantitative estimate of drug-likeness (QED) is 0.392. The second kappa shape index (κ2) is 11.2. The van der Waals surface area contributed by atoms with Gasteiger partial charge in [0.2, 0.25) is 5.95 Å². The molecule has 0 amide bonds. The SMILES string of the molecule is CN=C(NCCCN1CCN(c2ncccn2)CC1)NCC(OC)C(C)(C)C. The van der Waals surface area contributed by atoms with E-state index in [4.69, 9.17) is 4.74 Å². The number of hydrogen-bond acceptors (Lipinski definition) is 6. The van der Waals surface area contributed by atoms with Crippen molar-refractivity contribution < 1.29 is 4.74 Å². The first-order valence-corrected chi connectivity index (χ1v) is 10.2. The molecule has 0 aromatic carbocycles. The molecule has 1 atom stereocenters. The molecule has 0 bridgehead atoms. The van der Waals surface area contributed by atoms with Gasteiger partial charge in [-0.05, 0) is 24.4 Å². The minimum Gasteiger partial charge on any atom is -0.379 e. The standard InChI is InChI=1S/C20H37N7O/c1-20(2,3)17(28-5)16-25-18(21-4)22-10-7-11-26-12-14-27(15-13-26)19-23-8-6-9-24-19/h6,8-9,17H,7,10-16H2,1-5H3,(H2,21,22,25). The van der Waals surface area contributed by atoms with Crippen molar-refractivity contribution in [3.8, 4) is 0 Å². The van der Waals surface area contributed by atoms with Crippen LogP contribution >= 0.6 is 0 Å². The van der Waals surface area contributed by atoms with Gasteiger partial charge in [0.25, 0.3) is 0 Å². The molecular weight excluding hydrogens is 354 g/mol. The van der Waals surface area contributed by atoms with E-state index in [9.17, 15) is 0 Å². The Hall–Kier alpha value is -1.93. The number of piperazine rings is 1. The van der Waals surface area contributed by atoms with Crippen LogP contribution < -0.4 is 15.5 Å². The molecule has 0 radical (unpaired) electrons. The number of methoxy groups -OCH3 is 1. The van der Waals surface area contributed by atoms with E-state index in [2.05, 4.69) is 56.2 Å². The van der Waals surface area contributed by atoms with Crippen LogP contribution in [0, 0.1) is 5.41 Å². The number of guanidine groups is 1. The zero-order valence-electron chi connectivity index (χ0n) is 18.1. The first-order valence-electron chi connectivity index (χ1n) is 10.2. The summed E-state index contributed by atoms with van der Waals surface area (Å²) in [7, 11) is 3.57. The van der Waals surface area contributed by atoms with Crippen LogP contribution in [-0.4, -0.2) is 86.9 Å². The van der Waals surface area contributed by atoms with Crippen LogP contribution in [0.4, 0.5) is 5.95 Å². The Bertz CT molecular complexity index is 580. The minimum absolute atomic E-state index is 0.0908. The molecule has 0 saturated carbocycles. The third-order valence-electron chi connectivity index (χ3n) is 5.08. The molecule has 28 heavy (non-hydrogen) atoms. The minimum atomic E-state index is 0.0908. The highest BCUT2D eigenvalue weighted by Gasteiger charge is 2.24. The molecule has 1 aliphatic heterocycles. The van der Waals surface area contributed by atoms with Crippen LogP contribution in [0.15, 0.2) is 23.5 Å². The fraction of sp³-hybridized carbons (Fsp3) is 0.750. The lowest BCUT2D eigenvalue weighted by atomic mass is 9.89. The van der Waals surface area contributed by atoms with E-state index in [1.165, 1.54) is 0 Å². The van der Waals surface area contributed by atoms with Crippen LogP contribution in [-0.2, 0) is 4.74 Å². The molecule has 1 aliphatic rings. The maximum atomic E-state index is 5.59. The summed E-state index contributed by atoms with van der Waals surface area (Å²) in [6.45, 7) is 13.3. The normalized spacial score (nSPS) is 17.5. The lowest BCUT2D eigenvalue weighted by molar-refractivity contribution is 0.0205. The highest BCUT2D eigenvalue weighted by molar-refractivity contribution is 5.79. The van der Waals surface area contributed by atoms with Crippen molar-refractivity contribution in [2.45, 2.75) is 33.3 Å². The molecule has 2 heterocycles. The summed E-state index contributed by atoms with van der Waals surface area (Å²) in [6, 6.07) is 1.86. The van der Waals surface area contributed by atoms with Crippen LogP contribution in [0.2, 0.25) is 0 Å². The van der Waals surface area contributed by atoms with E-state index in [0.29, 0.717) is 0 Å². The second-order valence-corrected chi connectivity index (χ2v) is 8.20. The Labute approximate surface area is 169 Å². The average molecular weight is 392 g/mol. The summed E-state index contributed by atoms with van der Waals surface area (Å²) in [5, 5.41) is 6.77. The number of anilines is 1. The summed E-state index contributed by atoms with van der Waals surface area (Å²) >= 11 is 0. The lowest BCUT2D eigenvalue weighted by Gasteiger charge is -2.34. The summed E-state index contributed by atoms with van der Waals surface area (Å²) in [5.41, 5.74) is 0.0908. The van der Waals surface area contributed by atoms with Gasteiger partial charge in [0, 0.05) is 65.8 Å². The average Bonchev–Trinajstić information content (AvgIpc) is 2.70. The highest BCUT2D eigenvalue weighted by Crippen LogP contribution is 2.20. The lowest BCUT2D eigenvalue weighted by Crippen LogP contribution is -2.48. The number of nitrogens with one attached hydrogen (secondary N) is 2. The predicted molar refractivity (Wildman–Crippen MR) is 115 cm³/mol. The molecule has 1 aromatic rings. The molecule has 158 valence electrons. The van der Waals surface area contributed by atoms with Crippen LogP contribution in [0.25, 0.3) is 0 Å². The molecule has 8 nitrogen and oxygen atoms in total. The van der Waals surface area contributed by atoms with E-state index < -0.39 is 0 Å². The van der Waals surface area contributed by atoms with Crippen LogP contribution in [0.3, 0.4) is 0 Å². The molecule has 1 fully saturated rings. The largest absolute Gasteiger partial charge is 0.379 e. The Morgan fingerprint density at radius 2 is 1.86 bits per heavy atom. The van der Waals surface area contributed by atoms with Gasteiger partial charge in [0.05, 0.1) is 6.10 Å². The number of aromatic nitrogens is 2. The van der Waals surface area contributed by atoms with E-state index in [1.54, 1.807) is 26.6 Å². The summed E-state index contributed by atoms with van der Waals surface area (Å²) in [4.78, 5) is 17.7. The molecule has 8 heteroatoms. The van der Waals surface area contributed by atoms with Crippen LogP contribution in [0.1, 0.15) is 27.2 Å². The van der Waals surface area contributed by atoms with Gasteiger partial charge in [0.1, 0.15) is 0 Å². The zero-order valence-corrected chi connectivity index (χ0v) is 18.1. The predicted octanol–water partition coefficient (Wildman–Crippen LogP) is 1.21. The maximum Gasteiger partial charge on any atom is 0.225 e. The topological polar surface area (TPSA) is 77.9 Å². The maximum absolute atomic E-state index is 5.59. The molecule has 0 spiro atoms. The van der Waals surface area contributed by atoms with E-state index in [-0.39, 0.29) is 11.5 Å². The molecule has 1 unspecified atom stereocenters. The van der Waals surface area contributed by atoms with Gasteiger partial charge >= 0.3 is 0 Å². The first kappa shape index (κ1) is 22.4. The Morgan fingerprint density at radius 3 is 2.43 bits per heavy atom. The smallest absolute Gasteiger partial charge is 0.225 e. The van der Waals surface area contributed by atoms with Crippen molar-refractivity contribution in [2.24, 2.45) is 10.4 Å². The fourth-order valence-electron chi connectivity index (χ4n) is 3.29. The van der Waals surface area contributed by atoms with Gasteiger partial charge in [-0.25, -0.2) is 9.97 Å². The second-order valence-electron chi connectivity index (χ2n) is 8.20. The Balaban J connectivity index is 1.61. The fourth-order valence-corrected chi connectivity index (χ4v) is 3.29. The number of nitrogens with zero attached hydrogens (tertiary/aromatic N) is 5. The first-order chi connectivity index (χ1) is 13.4. The van der Waals surface area contributed by atoms with Crippen molar-refractivity contribution in [1.29, 1.82) is 0 Å². The van der Waals surface area contributed by atoms with Crippen molar-refractivity contribution in [2.75, 3.05) is 64.9 Å². The number of hydrogen-bond donors (Lipinski definition) is 2. The van der Waals surface area contributed by atoms with Gasteiger partial charge in [-0.3, -0.25) is 9.89 Å². The van der Waals surface area contributed by atoms with Gasteiger partial charge in [-0.15, -0.1) is 0 Å². The Morgan fingerprint density at radius 1 is 1.18 bits per heavy atom. The zero-order chi connectivity index (χ0) is 20.4. The Kier molecular flexibility index (Phi) is 8.92. The third kappa shape index (κ3) is 7.24. The number of rotatable bonds is 8. The van der Waals surface area contributed by atoms with Crippen molar-refractivity contribution in [1.82, 2.24) is 25.5 Å². The number of ether oxygens (including phenoxy) is 1. The number of aliphatic imine (C=N–C) groups is 1. The molecule has 1 saturated heterocycles. The molecule has 1 aromatic heterocycles. The molecule has 2 rings (SSSR count). The van der Waals surface area contributed by atoms with Crippen molar-refractivity contribution in [3.05, 3.63) is 18.5 Å². The van der Waals surface area contributed by atoms with E-state index in [1.807, 2.05) is 6.07 Å². The van der Waals surface area contributed by atoms with Gasteiger partial charge in [-0.1, -0.05) is 20.8 Å².